The molecule has 2 heterocycles. The Morgan fingerprint density at radius 2 is 1.33 bits per heavy atom. The second-order valence-electron chi connectivity index (χ2n) is 9.83. The summed E-state index contributed by atoms with van der Waals surface area (Å²) in [6.07, 6.45) is 5.05. The van der Waals surface area contributed by atoms with Crippen molar-refractivity contribution < 1.29 is 35.4 Å². The highest BCUT2D eigenvalue weighted by atomic mass is 79.9. The van der Waals surface area contributed by atoms with E-state index in [9.17, 15) is 13.9 Å². The highest BCUT2D eigenvalue weighted by Gasteiger charge is 2.50. The Kier molecular flexibility index (Phi) is 6.48. The van der Waals surface area contributed by atoms with Gasteiger partial charge in [-0.3, -0.25) is 0 Å². The van der Waals surface area contributed by atoms with Crippen molar-refractivity contribution in [2.75, 3.05) is 14.1 Å². The summed E-state index contributed by atoms with van der Waals surface area (Å²) in [6, 6.07) is 10.3. The van der Waals surface area contributed by atoms with Gasteiger partial charge in [0.25, 0.3) is 0 Å². The van der Waals surface area contributed by atoms with E-state index in [4.69, 9.17) is 0 Å². The average Bonchev–Trinajstić information content (AvgIpc) is 2.83. The summed E-state index contributed by atoms with van der Waals surface area (Å²) in [5, 5.41) is 12.1. The minimum Gasteiger partial charge on any atom is -1.00 e. The number of piperidine rings is 1. The van der Waals surface area contributed by atoms with Crippen LogP contribution in [-0.4, -0.2) is 35.8 Å². The summed E-state index contributed by atoms with van der Waals surface area (Å²) in [5.74, 6) is -0.423. The molecule has 2 fully saturated rings. The lowest BCUT2D eigenvalue weighted by atomic mass is 9.73. The van der Waals surface area contributed by atoms with E-state index in [0.29, 0.717) is 35.5 Å². The molecule has 1 N–H and O–H groups in total. The van der Waals surface area contributed by atoms with Gasteiger partial charge in [-0.25, -0.2) is 8.78 Å². The Hall–Kier alpha value is -1.30. The third kappa shape index (κ3) is 3.96. The number of aliphatic hydroxyl groups is 1. The fourth-order valence-corrected chi connectivity index (χ4v) is 6.02. The van der Waals surface area contributed by atoms with Crippen molar-refractivity contribution in [2.24, 2.45) is 5.92 Å². The highest BCUT2D eigenvalue weighted by molar-refractivity contribution is 5.44. The Morgan fingerprint density at radius 1 is 0.900 bits per heavy atom. The zero-order chi connectivity index (χ0) is 21.0. The van der Waals surface area contributed by atoms with Gasteiger partial charge in [0.1, 0.15) is 17.2 Å². The molecule has 0 aliphatic carbocycles. The molecular formula is C25H32BrF2NO. The molecule has 0 radical (unpaired) electrons. The first kappa shape index (κ1) is 23.4. The van der Waals surface area contributed by atoms with Crippen molar-refractivity contribution >= 4 is 0 Å². The van der Waals surface area contributed by atoms with Crippen molar-refractivity contribution in [2.45, 2.75) is 63.6 Å². The van der Waals surface area contributed by atoms with E-state index in [0.717, 1.165) is 28.5 Å². The second-order valence-corrected chi connectivity index (χ2v) is 9.83. The summed E-state index contributed by atoms with van der Waals surface area (Å²) in [4.78, 5) is 0. The van der Waals surface area contributed by atoms with Gasteiger partial charge < -0.3 is 26.6 Å². The first-order chi connectivity index (χ1) is 13.6. The number of aryl methyl sites for hydroxylation is 2. The van der Waals surface area contributed by atoms with Crippen LogP contribution in [0.25, 0.3) is 0 Å². The van der Waals surface area contributed by atoms with Crippen LogP contribution >= 0.6 is 0 Å². The average molecular weight is 480 g/mol. The second kappa shape index (κ2) is 8.33. The number of hydrogen-bond donors (Lipinski definition) is 1. The molecule has 2 saturated heterocycles. The predicted molar refractivity (Wildman–Crippen MR) is 112 cm³/mol. The van der Waals surface area contributed by atoms with E-state index in [1.54, 1.807) is 12.1 Å². The summed E-state index contributed by atoms with van der Waals surface area (Å²) >= 11 is 0. The van der Waals surface area contributed by atoms with Crippen LogP contribution in [0, 0.1) is 31.4 Å². The fraction of sp³-hybridized carbons (Fsp3) is 0.520. The van der Waals surface area contributed by atoms with Crippen molar-refractivity contribution in [1.29, 1.82) is 0 Å². The topological polar surface area (TPSA) is 20.2 Å². The lowest BCUT2D eigenvalue weighted by Gasteiger charge is -2.46. The molecule has 164 valence electrons. The maximum atomic E-state index is 14.2. The molecule has 5 heteroatoms. The minimum absolute atomic E-state index is 0. The quantitative estimate of drug-likeness (QED) is 0.666. The largest absolute Gasteiger partial charge is 1.00 e. The van der Waals surface area contributed by atoms with Gasteiger partial charge in [0, 0.05) is 25.7 Å². The molecule has 2 bridgehead atoms. The lowest BCUT2D eigenvalue weighted by Crippen LogP contribution is -3.00. The van der Waals surface area contributed by atoms with E-state index in [-0.39, 0.29) is 28.6 Å². The molecule has 2 nitrogen and oxygen atoms in total. The zero-order valence-corrected chi connectivity index (χ0v) is 19.8. The van der Waals surface area contributed by atoms with Crippen molar-refractivity contribution in [3.8, 4) is 0 Å². The number of nitrogens with zero attached hydrogens (tertiary/aromatic N) is 1. The van der Waals surface area contributed by atoms with Gasteiger partial charge in [-0.2, -0.15) is 0 Å². The van der Waals surface area contributed by atoms with Crippen molar-refractivity contribution in [1.82, 2.24) is 0 Å². The standard InChI is InChI=1S/C25H32F2NO.BrH/c1-16-5-7-19(26)13-23(16)25(29,24-14-20(27)8-6-17(24)2)15-18-11-21-9-10-22(12-18)28(21,3)4;/h5-8,13-14,18,21-22,29H,9-12,15H2,1-4H3;1H/q+1;/p-1/t21-,22-;/m0./s1. The molecule has 2 aromatic carbocycles. The summed E-state index contributed by atoms with van der Waals surface area (Å²) < 4.78 is 29.5. The zero-order valence-electron chi connectivity index (χ0n) is 18.3. The normalized spacial score (nSPS) is 25.1. The van der Waals surface area contributed by atoms with Gasteiger partial charge in [-0.1, -0.05) is 12.1 Å². The number of quaternary nitrogens is 1. The van der Waals surface area contributed by atoms with Gasteiger partial charge in [0.05, 0.1) is 26.2 Å². The molecule has 0 aromatic heterocycles. The number of hydrogen-bond acceptors (Lipinski definition) is 1. The van der Waals surface area contributed by atoms with Gasteiger partial charge in [0.2, 0.25) is 0 Å². The fourth-order valence-electron chi connectivity index (χ4n) is 6.02. The van der Waals surface area contributed by atoms with Crippen molar-refractivity contribution in [3.05, 3.63) is 70.3 Å². The third-order valence-corrected chi connectivity index (χ3v) is 7.80. The van der Waals surface area contributed by atoms with E-state index in [2.05, 4.69) is 14.1 Å². The van der Waals surface area contributed by atoms with Crippen LogP contribution in [0.1, 0.15) is 54.4 Å². The maximum absolute atomic E-state index is 14.2. The first-order valence-corrected chi connectivity index (χ1v) is 10.7. The van der Waals surface area contributed by atoms with E-state index in [1.165, 1.54) is 37.1 Å². The molecule has 2 aliphatic rings. The van der Waals surface area contributed by atoms with E-state index >= 15 is 0 Å². The van der Waals surface area contributed by atoms with Crippen LogP contribution in [0.5, 0.6) is 0 Å². The summed E-state index contributed by atoms with van der Waals surface area (Å²) in [7, 11) is 4.64. The number of halogens is 3. The minimum atomic E-state index is -1.41. The third-order valence-electron chi connectivity index (χ3n) is 7.80. The van der Waals surface area contributed by atoms with Crippen LogP contribution in [-0.2, 0) is 5.60 Å². The van der Waals surface area contributed by atoms with Crippen LogP contribution in [0.15, 0.2) is 36.4 Å². The van der Waals surface area contributed by atoms with Crippen LogP contribution < -0.4 is 17.0 Å². The Balaban J connectivity index is 0.00000256. The molecule has 0 amide bonds. The summed E-state index contributed by atoms with van der Waals surface area (Å²) in [6.45, 7) is 3.78. The van der Waals surface area contributed by atoms with Gasteiger partial charge in [-0.15, -0.1) is 0 Å². The van der Waals surface area contributed by atoms with Crippen LogP contribution in [0.3, 0.4) is 0 Å². The molecule has 2 aliphatic heterocycles. The maximum Gasteiger partial charge on any atom is 0.123 e. The Bertz CT molecular complexity index is 862. The number of rotatable bonds is 4. The molecule has 4 rings (SSSR count). The molecule has 30 heavy (non-hydrogen) atoms. The highest BCUT2D eigenvalue weighted by Crippen LogP contribution is 2.48. The molecule has 2 atom stereocenters. The predicted octanol–water partition coefficient (Wildman–Crippen LogP) is 2.23. The van der Waals surface area contributed by atoms with E-state index in [1.807, 2.05) is 13.8 Å². The molecule has 0 unspecified atom stereocenters. The monoisotopic (exact) mass is 479 g/mol. The molecule has 0 spiro atoms. The SMILES string of the molecule is Cc1ccc(F)cc1C(O)(CC1C[C@@H]2CC[C@@H](C1)[N+]2(C)C)c1cc(F)ccc1C.[Br-]. The molecule has 2 aromatic rings. The van der Waals surface area contributed by atoms with Gasteiger partial charge in [-0.05, 0) is 72.7 Å². The molecular weight excluding hydrogens is 448 g/mol. The van der Waals surface area contributed by atoms with Gasteiger partial charge >= 0.3 is 0 Å². The van der Waals surface area contributed by atoms with Crippen molar-refractivity contribution in [3.63, 3.8) is 0 Å². The summed E-state index contributed by atoms with van der Waals surface area (Å²) in [5.41, 5.74) is 1.35. The van der Waals surface area contributed by atoms with Crippen LogP contribution in [0.4, 0.5) is 8.78 Å². The lowest BCUT2D eigenvalue weighted by molar-refractivity contribution is -0.931. The smallest absolute Gasteiger partial charge is 0.123 e. The van der Waals surface area contributed by atoms with Crippen LogP contribution in [0.2, 0.25) is 0 Å². The number of benzene rings is 2. The Morgan fingerprint density at radius 3 is 1.77 bits per heavy atom. The number of fused-ring (bicyclic) bond motifs is 2. The van der Waals surface area contributed by atoms with E-state index < -0.39 is 5.60 Å². The first-order valence-electron chi connectivity index (χ1n) is 10.7. The van der Waals surface area contributed by atoms with Gasteiger partial charge in [0.15, 0.2) is 0 Å². The Labute approximate surface area is 189 Å². The molecule has 0 saturated carbocycles.